The van der Waals surface area contributed by atoms with Crippen LogP contribution in [0.2, 0.25) is 0 Å². The highest BCUT2D eigenvalue weighted by Crippen LogP contribution is 2.25. The van der Waals surface area contributed by atoms with Crippen molar-refractivity contribution >= 4 is 0 Å². The van der Waals surface area contributed by atoms with Crippen LogP contribution in [-0.2, 0) is 0 Å². The highest BCUT2D eigenvalue weighted by atomic mass is 15.2. The lowest BCUT2D eigenvalue weighted by atomic mass is 10.1. The van der Waals surface area contributed by atoms with Crippen molar-refractivity contribution in [3.05, 3.63) is 12.2 Å². The van der Waals surface area contributed by atoms with Gasteiger partial charge in [0.05, 0.1) is 0 Å². The summed E-state index contributed by atoms with van der Waals surface area (Å²) in [6, 6.07) is 1.61. The fourth-order valence-electron chi connectivity index (χ4n) is 2.04. The SMILES string of the molecule is C=C1CNC(CCN(C)C2CC2)C1. The minimum Gasteiger partial charge on any atom is -0.310 e. The second kappa shape index (κ2) is 3.81. The molecule has 0 aromatic rings. The summed E-state index contributed by atoms with van der Waals surface area (Å²) in [5.41, 5.74) is 1.37. The second-order valence-electron chi connectivity index (χ2n) is 4.53. The van der Waals surface area contributed by atoms with Crippen molar-refractivity contribution in [3.8, 4) is 0 Å². The van der Waals surface area contributed by atoms with Crippen LogP contribution >= 0.6 is 0 Å². The van der Waals surface area contributed by atoms with Crippen molar-refractivity contribution in [2.75, 3.05) is 20.1 Å². The van der Waals surface area contributed by atoms with Gasteiger partial charge in [0.15, 0.2) is 0 Å². The van der Waals surface area contributed by atoms with Gasteiger partial charge < -0.3 is 10.2 Å². The topological polar surface area (TPSA) is 15.3 Å². The second-order valence-corrected chi connectivity index (χ2v) is 4.53. The molecule has 1 aliphatic heterocycles. The first kappa shape index (κ1) is 9.22. The molecule has 1 saturated heterocycles. The molecule has 1 N–H and O–H groups in total. The molecule has 0 radical (unpaired) electrons. The predicted molar refractivity (Wildman–Crippen MR) is 55.8 cm³/mol. The molecular weight excluding hydrogens is 160 g/mol. The quantitative estimate of drug-likeness (QED) is 0.658. The van der Waals surface area contributed by atoms with E-state index in [4.69, 9.17) is 0 Å². The van der Waals surface area contributed by atoms with E-state index in [0.29, 0.717) is 6.04 Å². The van der Waals surface area contributed by atoms with Gasteiger partial charge in [0.25, 0.3) is 0 Å². The van der Waals surface area contributed by atoms with E-state index in [2.05, 4.69) is 23.8 Å². The van der Waals surface area contributed by atoms with E-state index in [9.17, 15) is 0 Å². The molecule has 0 aromatic heterocycles. The van der Waals surface area contributed by atoms with Gasteiger partial charge >= 0.3 is 0 Å². The molecule has 0 spiro atoms. The summed E-state index contributed by atoms with van der Waals surface area (Å²) < 4.78 is 0. The van der Waals surface area contributed by atoms with Gasteiger partial charge in [0, 0.05) is 18.6 Å². The van der Waals surface area contributed by atoms with Gasteiger partial charge in [-0.1, -0.05) is 12.2 Å². The van der Waals surface area contributed by atoms with Gasteiger partial charge in [-0.3, -0.25) is 0 Å². The first-order valence-electron chi connectivity index (χ1n) is 5.36. The summed E-state index contributed by atoms with van der Waals surface area (Å²) in [6.07, 6.45) is 5.31. The van der Waals surface area contributed by atoms with Gasteiger partial charge in [-0.15, -0.1) is 0 Å². The molecule has 1 unspecified atom stereocenters. The van der Waals surface area contributed by atoms with Crippen molar-refractivity contribution < 1.29 is 0 Å². The zero-order valence-corrected chi connectivity index (χ0v) is 8.55. The molecule has 2 heteroatoms. The van der Waals surface area contributed by atoms with Crippen LogP contribution in [0.15, 0.2) is 12.2 Å². The van der Waals surface area contributed by atoms with E-state index < -0.39 is 0 Å². The lowest BCUT2D eigenvalue weighted by molar-refractivity contribution is 0.304. The van der Waals surface area contributed by atoms with Gasteiger partial charge in [-0.25, -0.2) is 0 Å². The molecule has 13 heavy (non-hydrogen) atoms. The monoisotopic (exact) mass is 180 g/mol. The van der Waals surface area contributed by atoms with E-state index in [1.165, 1.54) is 37.8 Å². The minimum atomic E-state index is 0.702. The fraction of sp³-hybridized carbons (Fsp3) is 0.818. The molecule has 0 amide bonds. The van der Waals surface area contributed by atoms with Crippen LogP contribution in [0.3, 0.4) is 0 Å². The van der Waals surface area contributed by atoms with E-state index in [1.54, 1.807) is 0 Å². The van der Waals surface area contributed by atoms with E-state index in [-0.39, 0.29) is 0 Å². The Kier molecular flexibility index (Phi) is 2.70. The van der Waals surface area contributed by atoms with Crippen LogP contribution in [-0.4, -0.2) is 37.1 Å². The summed E-state index contributed by atoms with van der Waals surface area (Å²) in [5.74, 6) is 0. The molecule has 2 fully saturated rings. The Balaban J connectivity index is 1.64. The first-order valence-corrected chi connectivity index (χ1v) is 5.36. The molecule has 74 valence electrons. The van der Waals surface area contributed by atoms with Crippen molar-refractivity contribution in [2.24, 2.45) is 0 Å². The number of nitrogens with one attached hydrogen (secondary N) is 1. The van der Waals surface area contributed by atoms with Crippen molar-refractivity contribution in [2.45, 2.75) is 37.8 Å². The summed E-state index contributed by atoms with van der Waals surface area (Å²) in [7, 11) is 2.25. The number of hydrogen-bond donors (Lipinski definition) is 1. The normalized spacial score (nSPS) is 28.8. The van der Waals surface area contributed by atoms with E-state index >= 15 is 0 Å². The highest BCUT2D eigenvalue weighted by Gasteiger charge is 2.26. The third kappa shape index (κ3) is 2.55. The molecule has 1 atom stereocenters. The Bertz CT molecular complexity index is 196. The maximum Gasteiger partial charge on any atom is 0.0165 e. The van der Waals surface area contributed by atoms with E-state index in [0.717, 1.165) is 12.6 Å². The zero-order valence-electron chi connectivity index (χ0n) is 8.55. The molecule has 2 nitrogen and oxygen atoms in total. The predicted octanol–water partition coefficient (Wildman–Crippen LogP) is 1.39. The first-order chi connectivity index (χ1) is 6.25. The molecule has 0 aromatic carbocycles. The molecule has 1 heterocycles. The highest BCUT2D eigenvalue weighted by molar-refractivity contribution is 5.06. The van der Waals surface area contributed by atoms with Crippen LogP contribution in [0, 0.1) is 0 Å². The maximum atomic E-state index is 4.00. The van der Waals surface area contributed by atoms with Crippen LogP contribution in [0.25, 0.3) is 0 Å². The zero-order chi connectivity index (χ0) is 9.26. The molecular formula is C11H20N2. The number of hydrogen-bond acceptors (Lipinski definition) is 2. The van der Waals surface area contributed by atoms with Crippen LogP contribution in [0.4, 0.5) is 0 Å². The van der Waals surface area contributed by atoms with E-state index in [1.807, 2.05) is 0 Å². The third-order valence-corrected chi connectivity index (χ3v) is 3.18. The summed E-state index contributed by atoms with van der Waals surface area (Å²) in [4.78, 5) is 2.50. The Labute approximate surface area is 81.0 Å². The summed E-state index contributed by atoms with van der Waals surface area (Å²) >= 11 is 0. The van der Waals surface area contributed by atoms with Crippen molar-refractivity contribution in [1.29, 1.82) is 0 Å². The summed E-state index contributed by atoms with van der Waals surface area (Å²) in [6.45, 7) is 6.29. The maximum absolute atomic E-state index is 4.00. The minimum absolute atomic E-state index is 0.702. The lowest BCUT2D eigenvalue weighted by Crippen LogP contribution is -2.29. The third-order valence-electron chi connectivity index (χ3n) is 3.18. The van der Waals surface area contributed by atoms with Gasteiger partial charge in [0.1, 0.15) is 0 Å². The van der Waals surface area contributed by atoms with Gasteiger partial charge in [-0.05, 0) is 39.3 Å². The van der Waals surface area contributed by atoms with Crippen LogP contribution in [0.1, 0.15) is 25.7 Å². The Hall–Kier alpha value is -0.340. The lowest BCUT2D eigenvalue weighted by Gasteiger charge is -2.18. The Morgan fingerprint density at radius 2 is 2.31 bits per heavy atom. The summed E-state index contributed by atoms with van der Waals surface area (Å²) in [5, 5.41) is 3.49. The fourth-order valence-corrected chi connectivity index (χ4v) is 2.04. The van der Waals surface area contributed by atoms with Gasteiger partial charge in [-0.2, -0.15) is 0 Å². The smallest absolute Gasteiger partial charge is 0.0165 e. The number of nitrogens with zero attached hydrogens (tertiary/aromatic N) is 1. The molecule has 2 aliphatic rings. The molecule has 2 rings (SSSR count). The number of rotatable bonds is 4. The van der Waals surface area contributed by atoms with Crippen LogP contribution < -0.4 is 5.32 Å². The standard InChI is InChI=1S/C11H20N2/c1-9-7-10(12-8-9)5-6-13(2)11-3-4-11/h10-12H,1,3-8H2,2H3. The molecule has 0 bridgehead atoms. The van der Waals surface area contributed by atoms with Crippen LogP contribution in [0.5, 0.6) is 0 Å². The Morgan fingerprint density at radius 1 is 1.54 bits per heavy atom. The molecule has 1 aliphatic carbocycles. The van der Waals surface area contributed by atoms with Crippen molar-refractivity contribution in [1.82, 2.24) is 10.2 Å². The van der Waals surface area contributed by atoms with Gasteiger partial charge in [0.2, 0.25) is 0 Å². The molecule has 1 saturated carbocycles. The average molecular weight is 180 g/mol. The Morgan fingerprint density at radius 3 is 2.85 bits per heavy atom. The average Bonchev–Trinajstić information content (AvgIpc) is 2.87. The van der Waals surface area contributed by atoms with Crippen molar-refractivity contribution in [3.63, 3.8) is 0 Å². The largest absolute Gasteiger partial charge is 0.310 e.